The van der Waals surface area contributed by atoms with Crippen molar-refractivity contribution in [1.82, 2.24) is 9.88 Å². The van der Waals surface area contributed by atoms with Gasteiger partial charge in [-0.1, -0.05) is 13.3 Å². The van der Waals surface area contributed by atoms with E-state index in [1.165, 1.54) is 19.3 Å². The molecule has 1 aliphatic heterocycles. The maximum absolute atomic E-state index is 10.5. The first-order valence-electron chi connectivity index (χ1n) is 7.08. The summed E-state index contributed by atoms with van der Waals surface area (Å²) in [6, 6.07) is 0.518. The molecule has 1 aromatic heterocycles. The summed E-state index contributed by atoms with van der Waals surface area (Å²) in [5, 5.41) is 8.64. The zero-order valence-electron chi connectivity index (χ0n) is 11.5. The Bertz CT molecular complexity index is 417. The molecule has 0 bridgehead atoms. The van der Waals surface area contributed by atoms with Gasteiger partial charge in [0.2, 0.25) is 0 Å². The maximum atomic E-state index is 10.5. The summed E-state index contributed by atoms with van der Waals surface area (Å²) < 4.78 is 5.46. The Balaban J connectivity index is 1.89. The van der Waals surface area contributed by atoms with Gasteiger partial charge in [0.05, 0.1) is 12.1 Å². The molecule has 1 fully saturated rings. The molecule has 1 unspecified atom stereocenters. The molecule has 1 N–H and O–H groups in total. The first-order chi connectivity index (χ1) is 9.19. The van der Waals surface area contributed by atoms with Crippen LogP contribution in [0.25, 0.3) is 0 Å². The number of carboxylic acids is 1. The number of likely N-dealkylation sites (tertiary alicyclic amines) is 1. The van der Waals surface area contributed by atoms with Crippen molar-refractivity contribution in [1.29, 1.82) is 0 Å². The third kappa shape index (κ3) is 4.06. The van der Waals surface area contributed by atoms with Crippen LogP contribution in [0.4, 0.5) is 0 Å². The van der Waals surface area contributed by atoms with Crippen molar-refractivity contribution in [3.63, 3.8) is 0 Å². The summed E-state index contributed by atoms with van der Waals surface area (Å²) in [4.78, 5) is 17.4. The van der Waals surface area contributed by atoms with Crippen LogP contribution < -0.4 is 0 Å². The van der Waals surface area contributed by atoms with Gasteiger partial charge in [0.1, 0.15) is 6.26 Å². The van der Waals surface area contributed by atoms with Gasteiger partial charge in [0.25, 0.3) is 0 Å². The van der Waals surface area contributed by atoms with E-state index in [0.717, 1.165) is 31.1 Å². The smallest absolute Gasteiger partial charge is 0.303 e. The molecular formula is C14H22N2O3. The van der Waals surface area contributed by atoms with E-state index in [2.05, 4.69) is 16.8 Å². The first kappa shape index (κ1) is 14.1. The Kier molecular flexibility index (Phi) is 4.96. The summed E-state index contributed by atoms with van der Waals surface area (Å²) in [6.45, 7) is 4.41. The van der Waals surface area contributed by atoms with Crippen molar-refractivity contribution in [3.8, 4) is 0 Å². The largest absolute Gasteiger partial charge is 0.481 e. The van der Waals surface area contributed by atoms with E-state index in [4.69, 9.17) is 9.52 Å². The third-order valence-corrected chi connectivity index (χ3v) is 3.76. The molecule has 5 nitrogen and oxygen atoms in total. The Hall–Kier alpha value is -1.36. The summed E-state index contributed by atoms with van der Waals surface area (Å²) in [6.07, 6.45) is 6.73. The number of rotatable bonds is 6. The number of piperidine rings is 1. The van der Waals surface area contributed by atoms with Gasteiger partial charge in [-0.05, 0) is 25.9 Å². The summed E-state index contributed by atoms with van der Waals surface area (Å²) >= 11 is 0. The number of carbonyl (C=O) groups is 1. The average molecular weight is 266 g/mol. The van der Waals surface area contributed by atoms with Gasteiger partial charge < -0.3 is 14.4 Å². The van der Waals surface area contributed by atoms with Crippen LogP contribution in [0.3, 0.4) is 0 Å². The highest BCUT2D eigenvalue weighted by Crippen LogP contribution is 2.20. The number of nitrogens with zero attached hydrogens (tertiary/aromatic N) is 2. The highest BCUT2D eigenvalue weighted by atomic mass is 16.4. The number of aryl methyl sites for hydroxylation is 1. The Morgan fingerprint density at radius 2 is 2.42 bits per heavy atom. The van der Waals surface area contributed by atoms with Gasteiger partial charge >= 0.3 is 5.97 Å². The van der Waals surface area contributed by atoms with Gasteiger partial charge in [-0.25, -0.2) is 4.98 Å². The molecule has 1 aromatic rings. The third-order valence-electron chi connectivity index (χ3n) is 3.76. The average Bonchev–Trinajstić information content (AvgIpc) is 2.85. The zero-order valence-corrected chi connectivity index (χ0v) is 11.5. The molecule has 19 heavy (non-hydrogen) atoms. The molecule has 2 heterocycles. The molecule has 1 saturated heterocycles. The standard InChI is InChI=1S/C14H22N2O3/c1-2-16-8-4-3-5-12(16)9-13-15-11(10-19-13)6-7-14(17)18/h10,12H,2-9H2,1H3,(H,17,18). The maximum Gasteiger partial charge on any atom is 0.303 e. The van der Waals surface area contributed by atoms with Gasteiger partial charge in [-0.2, -0.15) is 0 Å². The second kappa shape index (κ2) is 6.70. The fourth-order valence-corrected chi connectivity index (χ4v) is 2.70. The van der Waals surface area contributed by atoms with Crippen LogP contribution in [0.15, 0.2) is 10.7 Å². The number of carboxylic acid groups (broad SMARTS) is 1. The molecule has 0 radical (unpaired) electrons. The minimum Gasteiger partial charge on any atom is -0.481 e. The lowest BCUT2D eigenvalue weighted by Gasteiger charge is -2.34. The number of hydrogen-bond acceptors (Lipinski definition) is 4. The monoisotopic (exact) mass is 266 g/mol. The van der Waals surface area contributed by atoms with Crippen molar-refractivity contribution >= 4 is 5.97 Å². The molecule has 106 valence electrons. The minimum atomic E-state index is -0.797. The fraction of sp³-hybridized carbons (Fsp3) is 0.714. The van der Waals surface area contributed by atoms with Crippen molar-refractivity contribution < 1.29 is 14.3 Å². The van der Waals surface area contributed by atoms with Crippen LogP contribution in [0.1, 0.15) is 44.2 Å². The Morgan fingerprint density at radius 1 is 1.58 bits per heavy atom. The normalized spacial score (nSPS) is 20.6. The van der Waals surface area contributed by atoms with Crippen LogP contribution in [0.5, 0.6) is 0 Å². The van der Waals surface area contributed by atoms with E-state index in [1.807, 2.05) is 0 Å². The molecule has 5 heteroatoms. The van der Waals surface area contributed by atoms with Gasteiger partial charge in [-0.3, -0.25) is 4.79 Å². The van der Waals surface area contributed by atoms with Crippen molar-refractivity contribution in [2.45, 2.75) is 51.5 Å². The van der Waals surface area contributed by atoms with Crippen molar-refractivity contribution in [2.75, 3.05) is 13.1 Å². The number of aromatic nitrogens is 1. The summed E-state index contributed by atoms with van der Waals surface area (Å²) in [7, 11) is 0. The number of aliphatic carboxylic acids is 1. The van der Waals surface area contributed by atoms with E-state index >= 15 is 0 Å². The fourth-order valence-electron chi connectivity index (χ4n) is 2.70. The van der Waals surface area contributed by atoms with Crippen LogP contribution in [0, 0.1) is 0 Å². The highest BCUT2D eigenvalue weighted by Gasteiger charge is 2.22. The first-order valence-corrected chi connectivity index (χ1v) is 7.08. The predicted molar refractivity (Wildman–Crippen MR) is 71.0 cm³/mol. The molecule has 0 spiro atoms. The van der Waals surface area contributed by atoms with Crippen molar-refractivity contribution in [2.24, 2.45) is 0 Å². The molecule has 0 amide bonds. The Labute approximate surface area is 113 Å². The highest BCUT2D eigenvalue weighted by molar-refractivity contribution is 5.66. The van der Waals surface area contributed by atoms with Gasteiger partial charge in [-0.15, -0.1) is 0 Å². The molecule has 1 aliphatic rings. The van der Waals surface area contributed by atoms with E-state index in [-0.39, 0.29) is 6.42 Å². The van der Waals surface area contributed by atoms with E-state index in [9.17, 15) is 4.79 Å². The number of oxazole rings is 1. The summed E-state index contributed by atoms with van der Waals surface area (Å²) in [5.41, 5.74) is 0.747. The lowest BCUT2D eigenvalue weighted by Crippen LogP contribution is -2.40. The topological polar surface area (TPSA) is 66.6 Å². The molecule has 0 aliphatic carbocycles. The van der Waals surface area contributed by atoms with E-state index in [0.29, 0.717) is 12.5 Å². The molecule has 1 atom stereocenters. The van der Waals surface area contributed by atoms with Crippen LogP contribution in [0.2, 0.25) is 0 Å². The minimum absolute atomic E-state index is 0.108. The van der Waals surface area contributed by atoms with Gasteiger partial charge in [0, 0.05) is 18.9 Å². The van der Waals surface area contributed by atoms with Gasteiger partial charge in [0.15, 0.2) is 5.89 Å². The molecule has 0 aromatic carbocycles. The zero-order chi connectivity index (χ0) is 13.7. The lowest BCUT2D eigenvalue weighted by atomic mass is 9.99. The second-order valence-electron chi connectivity index (χ2n) is 5.11. The van der Waals surface area contributed by atoms with Crippen LogP contribution in [-0.4, -0.2) is 40.1 Å². The van der Waals surface area contributed by atoms with Crippen LogP contribution >= 0.6 is 0 Å². The van der Waals surface area contributed by atoms with E-state index < -0.39 is 5.97 Å². The quantitative estimate of drug-likeness (QED) is 0.854. The lowest BCUT2D eigenvalue weighted by molar-refractivity contribution is -0.136. The number of hydrogen-bond donors (Lipinski definition) is 1. The molecule has 0 saturated carbocycles. The molecule has 2 rings (SSSR count). The number of likely N-dealkylation sites (N-methyl/N-ethyl adjacent to an activating group) is 1. The predicted octanol–water partition coefficient (Wildman–Crippen LogP) is 2.11. The second-order valence-corrected chi connectivity index (χ2v) is 5.11. The van der Waals surface area contributed by atoms with Crippen LogP contribution in [-0.2, 0) is 17.6 Å². The SMILES string of the molecule is CCN1CCCCC1Cc1nc(CCC(=O)O)co1. The Morgan fingerprint density at radius 3 is 3.16 bits per heavy atom. The van der Waals surface area contributed by atoms with Crippen molar-refractivity contribution in [3.05, 3.63) is 17.8 Å². The van der Waals surface area contributed by atoms with E-state index in [1.54, 1.807) is 6.26 Å². The molecular weight excluding hydrogens is 244 g/mol. The summed E-state index contributed by atoms with van der Waals surface area (Å²) in [5.74, 6) is -0.0558.